The molecule has 31 heavy (non-hydrogen) atoms. The SMILES string of the molecule is O=C(C[C@@H](Cn1cccc1)c1ccc(Cl)cc1)N1CCN(CCc2ccncc2)CC1. The van der Waals surface area contributed by atoms with Gasteiger partial charge >= 0.3 is 0 Å². The summed E-state index contributed by atoms with van der Waals surface area (Å²) in [6.45, 7) is 5.26. The van der Waals surface area contributed by atoms with Crippen LogP contribution in [0, 0.1) is 0 Å². The number of amides is 1. The highest BCUT2D eigenvalue weighted by atomic mass is 35.5. The van der Waals surface area contributed by atoms with E-state index < -0.39 is 0 Å². The lowest BCUT2D eigenvalue weighted by atomic mass is 9.94. The number of hydrogen-bond acceptors (Lipinski definition) is 3. The maximum absolute atomic E-state index is 13.1. The number of rotatable bonds is 8. The van der Waals surface area contributed by atoms with Gasteiger partial charge in [-0.2, -0.15) is 0 Å². The zero-order valence-electron chi connectivity index (χ0n) is 17.7. The fraction of sp³-hybridized carbons (Fsp3) is 0.360. The van der Waals surface area contributed by atoms with E-state index in [1.165, 1.54) is 5.56 Å². The lowest BCUT2D eigenvalue weighted by Crippen LogP contribution is -2.49. The van der Waals surface area contributed by atoms with Crippen molar-refractivity contribution in [2.75, 3.05) is 32.7 Å². The zero-order valence-corrected chi connectivity index (χ0v) is 18.5. The summed E-state index contributed by atoms with van der Waals surface area (Å²) in [7, 11) is 0. The molecule has 0 spiro atoms. The summed E-state index contributed by atoms with van der Waals surface area (Å²) in [6.07, 6.45) is 9.32. The van der Waals surface area contributed by atoms with Gasteiger partial charge in [0.2, 0.25) is 5.91 Å². The molecule has 3 aromatic rings. The highest BCUT2D eigenvalue weighted by Crippen LogP contribution is 2.25. The molecular formula is C25H29ClN4O. The number of halogens is 1. The van der Waals surface area contributed by atoms with E-state index in [9.17, 15) is 4.79 Å². The Labute approximate surface area is 189 Å². The number of pyridine rings is 1. The molecule has 1 fully saturated rings. The molecular weight excluding hydrogens is 408 g/mol. The summed E-state index contributed by atoms with van der Waals surface area (Å²) in [6, 6.07) is 16.1. The van der Waals surface area contributed by atoms with E-state index >= 15 is 0 Å². The molecule has 0 saturated carbocycles. The lowest BCUT2D eigenvalue weighted by Gasteiger charge is -2.35. The van der Waals surface area contributed by atoms with Gasteiger partial charge in [-0.3, -0.25) is 14.7 Å². The Morgan fingerprint density at radius 3 is 2.32 bits per heavy atom. The summed E-state index contributed by atoms with van der Waals surface area (Å²) >= 11 is 6.08. The highest BCUT2D eigenvalue weighted by molar-refractivity contribution is 6.30. The first-order valence-corrected chi connectivity index (χ1v) is 11.3. The third-order valence-electron chi connectivity index (χ3n) is 6.05. The second-order valence-corrected chi connectivity index (χ2v) is 8.60. The molecule has 4 rings (SSSR count). The molecule has 5 nitrogen and oxygen atoms in total. The summed E-state index contributed by atoms with van der Waals surface area (Å²) < 4.78 is 2.14. The Kier molecular flexibility index (Phi) is 7.39. The smallest absolute Gasteiger partial charge is 0.223 e. The highest BCUT2D eigenvalue weighted by Gasteiger charge is 2.24. The van der Waals surface area contributed by atoms with Gasteiger partial charge in [0.15, 0.2) is 0 Å². The number of carbonyl (C=O) groups is 1. The first-order valence-electron chi connectivity index (χ1n) is 10.9. The number of nitrogens with zero attached hydrogens (tertiary/aromatic N) is 4. The summed E-state index contributed by atoms with van der Waals surface area (Å²) in [5.74, 6) is 0.364. The third-order valence-corrected chi connectivity index (χ3v) is 6.30. The van der Waals surface area contributed by atoms with E-state index in [1.807, 2.05) is 53.7 Å². The van der Waals surface area contributed by atoms with Gasteiger partial charge in [-0.05, 0) is 53.9 Å². The third kappa shape index (κ3) is 6.18. The molecule has 1 aliphatic heterocycles. The number of piperazine rings is 1. The van der Waals surface area contributed by atoms with E-state index in [0.717, 1.165) is 56.3 Å². The molecule has 1 atom stereocenters. The summed E-state index contributed by atoms with van der Waals surface area (Å²) in [4.78, 5) is 21.7. The van der Waals surface area contributed by atoms with E-state index in [-0.39, 0.29) is 11.8 Å². The molecule has 1 aromatic carbocycles. The Morgan fingerprint density at radius 2 is 1.65 bits per heavy atom. The van der Waals surface area contributed by atoms with Crippen molar-refractivity contribution in [2.45, 2.75) is 25.3 Å². The fourth-order valence-corrected chi connectivity index (χ4v) is 4.29. The molecule has 0 N–H and O–H groups in total. The van der Waals surface area contributed by atoms with Crippen LogP contribution in [0.5, 0.6) is 0 Å². The van der Waals surface area contributed by atoms with Crippen LogP contribution < -0.4 is 0 Å². The number of benzene rings is 1. The van der Waals surface area contributed by atoms with Crippen LogP contribution in [0.15, 0.2) is 73.3 Å². The van der Waals surface area contributed by atoms with Gasteiger partial charge in [-0.25, -0.2) is 0 Å². The molecule has 0 unspecified atom stereocenters. The molecule has 6 heteroatoms. The first kappa shape index (κ1) is 21.6. The largest absolute Gasteiger partial charge is 0.354 e. The van der Waals surface area contributed by atoms with E-state index in [0.29, 0.717) is 6.42 Å². The second-order valence-electron chi connectivity index (χ2n) is 8.16. The molecule has 1 amide bonds. The zero-order chi connectivity index (χ0) is 21.5. The van der Waals surface area contributed by atoms with Gasteiger partial charge in [-0.1, -0.05) is 23.7 Å². The van der Waals surface area contributed by atoms with Crippen molar-refractivity contribution in [2.24, 2.45) is 0 Å². The van der Waals surface area contributed by atoms with Crippen molar-refractivity contribution in [3.05, 3.63) is 89.5 Å². The van der Waals surface area contributed by atoms with Gasteiger partial charge < -0.3 is 9.47 Å². The van der Waals surface area contributed by atoms with E-state index in [2.05, 4.69) is 39.0 Å². The van der Waals surface area contributed by atoms with Crippen LogP contribution in [0.25, 0.3) is 0 Å². The average Bonchev–Trinajstić information content (AvgIpc) is 3.32. The minimum Gasteiger partial charge on any atom is -0.354 e. The number of hydrogen-bond donors (Lipinski definition) is 0. The van der Waals surface area contributed by atoms with Gasteiger partial charge in [0.05, 0.1) is 0 Å². The molecule has 1 saturated heterocycles. The fourth-order valence-electron chi connectivity index (χ4n) is 4.17. The number of carbonyl (C=O) groups excluding carboxylic acids is 1. The maximum Gasteiger partial charge on any atom is 0.223 e. The molecule has 0 radical (unpaired) electrons. The Morgan fingerprint density at radius 1 is 0.968 bits per heavy atom. The van der Waals surface area contributed by atoms with E-state index in [4.69, 9.17) is 11.6 Å². The van der Waals surface area contributed by atoms with Gasteiger partial charge in [0.25, 0.3) is 0 Å². The Bertz CT molecular complexity index is 935. The van der Waals surface area contributed by atoms with Crippen molar-refractivity contribution in [1.29, 1.82) is 0 Å². The Hall–Kier alpha value is -2.63. The second kappa shape index (κ2) is 10.6. The average molecular weight is 437 g/mol. The minimum absolute atomic E-state index is 0.127. The van der Waals surface area contributed by atoms with Crippen molar-refractivity contribution in [1.82, 2.24) is 19.4 Å². The first-order chi connectivity index (χ1) is 15.2. The van der Waals surface area contributed by atoms with Crippen molar-refractivity contribution >= 4 is 17.5 Å². The van der Waals surface area contributed by atoms with Crippen LogP contribution in [-0.4, -0.2) is 58.0 Å². The van der Waals surface area contributed by atoms with Gasteiger partial charge in [0, 0.05) is 81.4 Å². The monoisotopic (exact) mass is 436 g/mol. The van der Waals surface area contributed by atoms with Gasteiger partial charge in [0.1, 0.15) is 0 Å². The van der Waals surface area contributed by atoms with Crippen molar-refractivity contribution in [3.8, 4) is 0 Å². The summed E-state index contributed by atoms with van der Waals surface area (Å²) in [5.41, 5.74) is 2.46. The van der Waals surface area contributed by atoms with Crippen LogP contribution in [0.4, 0.5) is 0 Å². The van der Waals surface area contributed by atoms with Crippen LogP contribution >= 0.6 is 11.6 Å². The van der Waals surface area contributed by atoms with E-state index in [1.54, 1.807) is 0 Å². The van der Waals surface area contributed by atoms with Crippen LogP contribution in [0.2, 0.25) is 5.02 Å². The predicted octanol–water partition coefficient (Wildman–Crippen LogP) is 4.10. The van der Waals surface area contributed by atoms with Crippen LogP contribution in [-0.2, 0) is 17.8 Å². The molecule has 0 bridgehead atoms. The molecule has 0 aliphatic carbocycles. The Balaban J connectivity index is 1.31. The maximum atomic E-state index is 13.1. The van der Waals surface area contributed by atoms with Gasteiger partial charge in [-0.15, -0.1) is 0 Å². The standard InChI is InChI=1S/C25H29ClN4O/c26-24-5-3-22(4-6-24)23(20-29-12-1-2-13-29)19-25(31)30-17-15-28(16-18-30)14-9-21-7-10-27-11-8-21/h1-8,10-13,23H,9,14-20H2/t23-/m0/s1. The predicted molar refractivity (Wildman–Crippen MR) is 124 cm³/mol. The van der Waals surface area contributed by atoms with Crippen molar-refractivity contribution in [3.63, 3.8) is 0 Å². The molecule has 2 aromatic heterocycles. The normalized spacial score (nSPS) is 15.7. The van der Waals surface area contributed by atoms with Crippen molar-refractivity contribution < 1.29 is 4.79 Å². The molecule has 3 heterocycles. The van der Waals surface area contributed by atoms with Crippen LogP contribution in [0.1, 0.15) is 23.5 Å². The minimum atomic E-state index is 0.127. The summed E-state index contributed by atoms with van der Waals surface area (Å²) in [5, 5.41) is 0.720. The molecule has 1 aliphatic rings. The molecule has 162 valence electrons. The van der Waals surface area contributed by atoms with Crippen LogP contribution in [0.3, 0.4) is 0 Å². The lowest BCUT2D eigenvalue weighted by molar-refractivity contribution is -0.133. The number of aromatic nitrogens is 2. The topological polar surface area (TPSA) is 41.4 Å². The quantitative estimate of drug-likeness (QED) is 0.534.